The van der Waals surface area contributed by atoms with Gasteiger partial charge in [-0.15, -0.1) is 11.8 Å². The first-order chi connectivity index (χ1) is 12.6. The highest BCUT2D eigenvalue weighted by atomic mass is 32.2. The number of amides is 1. The molecule has 1 atom stereocenters. The molecule has 2 saturated carbocycles. The van der Waals surface area contributed by atoms with Crippen molar-refractivity contribution in [1.82, 2.24) is 5.32 Å². The van der Waals surface area contributed by atoms with E-state index in [1.165, 1.54) is 36.8 Å². The van der Waals surface area contributed by atoms with E-state index < -0.39 is 0 Å². The highest BCUT2D eigenvalue weighted by Crippen LogP contribution is 2.35. The third-order valence-corrected chi connectivity index (χ3v) is 6.26. The Morgan fingerprint density at radius 2 is 1.85 bits per heavy atom. The molecule has 4 nitrogen and oxygen atoms in total. The molecule has 0 heterocycles. The molecule has 3 rings (SSSR count). The molecule has 0 saturated heterocycles. The summed E-state index contributed by atoms with van der Waals surface area (Å²) in [4.78, 5) is 26.5. The Kier molecular flexibility index (Phi) is 6.41. The van der Waals surface area contributed by atoms with Crippen LogP contribution in [-0.2, 0) is 9.59 Å². The Labute approximate surface area is 160 Å². The van der Waals surface area contributed by atoms with Crippen molar-refractivity contribution in [1.29, 1.82) is 0 Å². The first-order valence-electron chi connectivity index (χ1n) is 9.53. The number of hydrogen-bond acceptors (Lipinski definition) is 4. The fraction of sp³-hybridized carbons (Fsp3) is 0.524. The minimum absolute atomic E-state index is 0.0294. The van der Waals surface area contributed by atoms with Gasteiger partial charge in [-0.2, -0.15) is 0 Å². The van der Waals surface area contributed by atoms with Gasteiger partial charge in [-0.1, -0.05) is 37.8 Å². The number of thioether (sulfide) groups is 1. The number of hydrogen-bond donors (Lipinski definition) is 2. The van der Waals surface area contributed by atoms with Gasteiger partial charge in [0.1, 0.15) is 5.70 Å². The SMILES string of the molecule is CSc1ccc(C(CC2CCCC2)C(=O)N/C(=C/N)C(=O)C2CC2)cc1. The number of nitrogens with one attached hydrogen (secondary N) is 1. The molecule has 0 spiro atoms. The maximum absolute atomic E-state index is 13.0. The minimum Gasteiger partial charge on any atom is -0.403 e. The number of ketones is 1. The van der Waals surface area contributed by atoms with Crippen LogP contribution in [0.4, 0.5) is 0 Å². The van der Waals surface area contributed by atoms with Crippen LogP contribution in [0.2, 0.25) is 0 Å². The smallest absolute Gasteiger partial charge is 0.232 e. The summed E-state index contributed by atoms with van der Waals surface area (Å²) < 4.78 is 0. The summed E-state index contributed by atoms with van der Waals surface area (Å²) in [5.74, 6) is 0.239. The average molecular weight is 373 g/mol. The van der Waals surface area contributed by atoms with Crippen molar-refractivity contribution in [3.8, 4) is 0 Å². The van der Waals surface area contributed by atoms with Crippen LogP contribution in [0, 0.1) is 11.8 Å². The summed E-state index contributed by atoms with van der Waals surface area (Å²) >= 11 is 1.69. The number of rotatable bonds is 8. The zero-order chi connectivity index (χ0) is 18.5. The molecular formula is C21H28N2O2S. The largest absolute Gasteiger partial charge is 0.403 e. The summed E-state index contributed by atoms with van der Waals surface area (Å²) in [6, 6.07) is 8.20. The number of carbonyl (C=O) groups is 2. The van der Waals surface area contributed by atoms with Crippen LogP contribution in [0.15, 0.2) is 41.1 Å². The van der Waals surface area contributed by atoms with Crippen molar-refractivity contribution >= 4 is 23.5 Å². The maximum Gasteiger partial charge on any atom is 0.232 e. The molecule has 0 radical (unpaired) electrons. The Balaban J connectivity index is 1.76. The standard InChI is InChI=1S/C21H28N2O2S/c1-26-17-10-8-15(9-11-17)18(12-14-4-2-3-5-14)21(25)23-19(13-22)20(24)16-6-7-16/h8-11,13-14,16,18H,2-7,12,22H2,1H3,(H,23,25)/b19-13+. The quantitative estimate of drug-likeness (QED) is 0.535. The minimum atomic E-state index is -0.240. The van der Waals surface area contributed by atoms with Crippen molar-refractivity contribution in [2.24, 2.45) is 17.6 Å². The van der Waals surface area contributed by atoms with Crippen LogP contribution in [0.3, 0.4) is 0 Å². The second kappa shape index (κ2) is 8.76. The van der Waals surface area contributed by atoms with Gasteiger partial charge in [-0.05, 0) is 49.1 Å². The summed E-state index contributed by atoms with van der Waals surface area (Å²) in [7, 11) is 0. The van der Waals surface area contributed by atoms with Crippen molar-refractivity contribution in [3.63, 3.8) is 0 Å². The second-order valence-corrected chi connectivity index (χ2v) is 8.30. The van der Waals surface area contributed by atoms with Crippen LogP contribution in [0.25, 0.3) is 0 Å². The van der Waals surface area contributed by atoms with E-state index in [9.17, 15) is 9.59 Å². The lowest BCUT2D eigenvalue weighted by Gasteiger charge is -2.21. The van der Waals surface area contributed by atoms with E-state index in [4.69, 9.17) is 5.73 Å². The normalized spacial score (nSPS) is 19.3. The number of benzene rings is 1. The van der Waals surface area contributed by atoms with Crippen molar-refractivity contribution in [3.05, 3.63) is 41.7 Å². The molecule has 26 heavy (non-hydrogen) atoms. The van der Waals surface area contributed by atoms with Gasteiger partial charge < -0.3 is 11.1 Å². The van der Waals surface area contributed by atoms with E-state index in [0.717, 1.165) is 24.8 Å². The lowest BCUT2D eigenvalue weighted by atomic mass is 9.87. The summed E-state index contributed by atoms with van der Waals surface area (Å²) in [6.45, 7) is 0. The molecule has 0 bridgehead atoms. The van der Waals surface area contributed by atoms with Gasteiger partial charge in [0, 0.05) is 17.0 Å². The molecule has 2 aliphatic rings. The van der Waals surface area contributed by atoms with E-state index in [1.807, 2.05) is 18.4 Å². The first kappa shape index (κ1) is 19.0. The predicted molar refractivity (Wildman–Crippen MR) is 106 cm³/mol. The van der Waals surface area contributed by atoms with Crippen molar-refractivity contribution in [2.45, 2.75) is 55.8 Å². The zero-order valence-corrected chi connectivity index (χ0v) is 16.2. The molecule has 0 aliphatic heterocycles. The molecule has 1 aromatic rings. The zero-order valence-electron chi connectivity index (χ0n) is 15.4. The lowest BCUT2D eigenvalue weighted by Crippen LogP contribution is -2.34. The topological polar surface area (TPSA) is 72.2 Å². The van der Waals surface area contributed by atoms with Gasteiger partial charge in [0.15, 0.2) is 5.78 Å². The molecule has 5 heteroatoms. The first-order valence-corrected chi connectivity index (χ1v) is 10.8. The molecule has 1 aromatic carbocycles. The Bertz CT molecular complexity index is 674. The predicted octanol–water partition coefficient (Wildman–Crippen LogP) is 3.97. The number of carbonyl (C=O) groups excluding carboxylic acids is 2. The van der Waals surface area contributed by atoms with Crippen molar-refractivity contribution in [2.75, 3.05) is 6.26 Å². The van der Waals surface area contributed by atoms with Crippen LogP contribution in [0.1, 0.15) is 56.4 Å². The summed E-state index contributed by atoms with van der Waals surface area (Å²) in [6.07, 6.45) is 10.8. The van der Waals surface area contributed by atoms with E-state index in [1.54, 1.807) is 11.8 Å². The van der Waals surface area contributed by atoms with Crippen molar-refractivity contribution < 1.29 is 9.59 Å². The van der Waals surface area contributed by atoms with E-state index in [2.05, 4.69) is 17.4 Å². The van der Waals surface area contributed by atoms with Crippen LogP contribution >= 0.6 is 11.8 Å². The Morgan fingerprint density at radius 1 is 1.19 bits per heavy atom. The number of allylic oxidation sites excluding steroid dienone is 1. The molecule has 1 amide bonds. The third-order valence-electron chi connectivity index (χ3n) is 5.52. The van der Waals surface area contributed by atoms with Gasteiger partial charge in [0.05, 0.1) is 5.92 Å². The molecule has 2 fully saturated rings. The summed E-state index contributed by atoms with van der Waals surface area (Å²) in [5.41, 5.74) is 6.90. The Hall–Kier alpha value is -1.75. The van der Waals surface area contributed by atoms with Crippen LogP contribution in [-0.4, -0.2) is 17.9 Å². The maximum atomic E-state index is 13.0. The van der Waals surface area contributed by atoms with Gasteiger partial charge in [-0.3, -0.25) is 9.59 Å². The Morgan fingerprint density at radius 3 is 2.38 bits per heavy atom. The van der Waals surface area contributed by atoms with Gasteiger partial charge in [0.25, 0.3) is 0 Å². The molecular weight excluding hydrogens is 344 g/mol. The highest BCUT2D eigenvalue weighted by Gasteiger charge is 2.34. The molecule has 0 aromatic heterocycles. The average Bonchev–Trinajstić information content (AvgIpc) is 3.40. The second-order valence-electron chi connectivity index (χ2n) is 7.42. The highest BCUT2D eigenvalue weighted by molar-refractivity contribution is 7.98. The monoisotopic (exact) mass is 372 g/mol. The molecule has 3 N–H and O–H groups in total. The van der Waals surface area contributed by atoms with Crippen LogP contribution < -0.4 is 11.1 Å². The lowest BCUT2D eigenvalue weighted by molar-refractivity contribution is -0.124. The molecule has 1 unspecified atom stereocenters. The third kappa shape index (κ3) is 4.70. The van der Waals surface area contributed by atoms with E-state index in [-0.39, 0.29) is 29.2 Å². The van der Waals surface area contributed by atoms with Gasteiger partial charge >= 0.3 is 0 Å². The van der Waals surface area contributed by atoms with Crippen LogP contribution in [0.5, 0.6) is 0 Å². The molecule has 140 valence electrons. The summed E-state index contributed by atoms with van der Waals surface area (Å²) in [5, 5.41) is 2.83. The van der Waals surface area contributed by atoms with Gasteiger partial charge in [0.2, 0.25) is 5.91 Å². The van der Waals surface area contributed by atoms with Gasteiger partial charge in [-0.25, -0.2) is 0 Å². The fourth-order valence-electron chi connectivity index (χ4n) is 3.78. The van der Waals surface area contributed by atoms with E-state index in [0.29, 0.717) is 5.92 Å². The van der Waals surface area contributed by atoms with E-state index >= 15 is 0 Å². The number of Topliss-reactive ketones (excluding diaryl/α,β-unsaturated/α-hetero) is 1. The molecule has 2 aliphatic carbocycles. The fourth-order valence-corrected chi connectivity index (χ4v) is 4.19. The number of nitrogens with two attached hydrogens (primary N) is 1.